The van der Waals surface area contributed by atoms with Gasteiger partial charge < -0.3 is 9.15 Å². The molecule has 1 aliphatic heterocycles. The second-order valence-corrected chi connectivity index (χ2v) is 6.49. The molecule has 0 unspecified atom stereocenters. The van der Waals surface area contributed by atoms with Crippen molar-refractivity contribution >= 4 is 10.9 Å². The number of fused-ring (bicyclic) bond motifs is 1. The van der Waals surface area contributed by atoms with Crippen molar-refractivity contribution in [1.82, 2.24) is 20.0 Å². The van der Waals surface area contributed by atoms with Crippen LogP contribution in [0.1, 0.15) is 35.8 Å². The molecule has 0 radical (unpaired) electrons. The summed E-state index contributed by atoms with van der Waals surface area (Å²) in [5.74, 6) is 1.29. The zero-order valence-electron chi connectivity index (χ0n) is 14.2. The first-order valence-corrected chi connectivity index (χ1v) is 8.78. The zero-order chi connectivity index (χ0) is 17.3. The molecule has 26 heavy (non-hydrogen) atoms. The minimum absolute atomic E-state index is 0.0324. The van der Waals surface area contributed by atoms with Crippen molar-refractivity contribution in [2.24, 2.45) is 0 Å². The second-order valence-electron chi connectivity index (χ2n) is 6.49. The minimum atomic E-state index is -0.0324. The molecular formula is C20H18N4O2. The SMILES string of the molecule is c1ccc([C@H]2OCC[C@@H]2c2nnc(Cn3ncc4ccccc43)o2)cc1. The van der Waals surface area contributed by atoms with Gasteiger partial charge in [-0.3, -0.25) is 4.68 Å². The highest BCUT2D eigenvalue weighted by Crippen LogP contribution is 2.40. The van der Waals surface area contributed by atoms with Gasteiger partial charge in [0.05, 0.1) is 23.7 Å². The van der Waals surface area contributed by atoms with Crippen molar-refractivity contribution in [3.05, 3.63) is 78.1 Å². The van der Waals surface area contributed by atoms with E-state index in [1.54, 1.807) is 0 Å². The van der Waals surface area contributed by atoms with E-state index in [1.165, 1.54) is 0 Å². The molecule has 1 saturated heterocycles. The van der Waals surface area contributed by atoms with Crippen molar-refractivity contribution in [1.29, 1.82) is 0 Å². The predicted octanol–water partition coefficient (Wildman–Crippen LogP) is 3.71. The molecule has 0 spiro atoms. The molecule has 0 aliphatic carbocycles. The van der Waals surface area contributed by atoms with Gasteiger partial charge >= 0.3 is 0 Å². The summed E-state index contributed by atoms with van der Waals surface area (Å²) >= 11 is 0. The Labute approximate surface area is 150 Å². The molecule has 6 nitrogen and oxygen atoms in total. The Bertz CT molecular complexity index is 1020. The third kappa shape index (κ3) is 2.68. The smallest absolute Gasteiger partial charge is 0.237 e. The van der Waals surface area contributed by atoms with Crippen LogP contribution in [0.5, 0.6) is 0 Å². The molecule has 0 N–H and O–H groups in total. The van der Waals surface area contributed by atoms with Crippen molar-refractivity contribution in [2.45, 2.75) is 25.0 Å². The fourth-order valence-electron chi connectivity index (χ4n) is 3.57. The van der Waals surface area contributed by atoms with Gasteiger partial charge in [-0.2, -0.15) is 5.10 Å². The average molecular weight is 346 g/mol. The summed E-state index contributed by atoms with van der Waals surface area (Å²) in [6, 6.07) is 18.3. The van der Waals surface area contributed by atoms with Crippen LogP contribution in [0.15, 0.2) is 65.2 Å². The number of nitrogens with zero attached hydrogens (tertiary/aromatic N) is 4. The summed E-state index contributed by atoms with van der Waals surface area (Å²) in [5, 5.41) is 14.1. The molecule has 2 atom stereocenters. The number of ether oxygens (including phenoxy) is 1. The van der Waals surface area contributed by atoms with Crippen LogP contribution < -0.4 is 0 Å². The molecule has 2 aromatic heterocycles. The fourth-order valence-corrected chi connectivity index (χ4v) is 3.57. The van der Waals surface area contributed by atoms with Crippen molar-refractivity contribution in [2.75, 3.05) is 6.61 Å². The van der Waals surface area contributed by atoms with Gasteiger partial charge in [0.15, 0.2) is 0 Å². The van der Waals surface area contributed by atoms with Crippen LogP contribution in [0, 0.1) is 0 Å². The van der Waals surface area contributed by atoms with E-state index in [0.29, 0.717) is 24.9 Å². The van der Waals surface area contributed by atoms with Crippen molar-refractivity contribution in [3.63, 3.8) is 0 Å². The second kappa shape index (κ2) is 6.38. The lowest BCUT2D eigenvalue weighted by atomic mass is 9.95. The number of rotatable bonds is 4. The quantitative estimate of drug-likeness (QED) is 0.563. The monoisotopic (exact) mass is 346 g/mol. The molecule has 130 valence electrons. The number of para-hydroxylation sites is 1. The van der Waals surface area contributed by atoms with Gasteiger partial charge in [0, 0.05) is 12.0 Å². The maximum atomic E-state index is 5.98. The fraction of sp³-hybridized carbons (Fsp3) is 0.250. The zero-order valence-corrected chi connectivity index (χ0v) is 14.2. The van der Waals surface area contributed by atoms with Crippen LogP contribution in [0.2, 0.25) is 0 Å². The maximum absolute atomic E-state index is 5.98. The first-order valence-electron chi connectivity index (χ1n) is 8.78. The van der Waals surface area contributed by atoms with E-state index < -0.39 is 0 Å². The Morgan fingerprint density at radius 1 is 1.00 bits per heavy atom. The molecule has 0 saturated carbocycles. The lowest BCUT2D eigenvalue weighted by molar-refractivity contribution is 0.0996. The third-order valence-corrected chi connectivity index (χ3v) is 4.86. The standard InChI is InChI=1S/C20H18N4O2/c1-2-6-14(7-3-1)19-16(10-11-25-19)20-23-22-18(26-20)13-24-17-9-5-4-8-15(17)12-21-24/h1-9,12,16,19H,10-11,13H2/t16-,19+/m0/s1. The Kier molecular flexibility index (Phi) is 3.75. The topological polar surface area (TPSA) is 66.0 Å². The highest BCUT2D eigenvalue weighted by Gasteiger charge is 2.34. The van der Waals surface area contributed by atoms with Gasteiger partial charge in [-0.15, -0.1) is 10.2 Å². The molecule has 3 heterocycles. The summed E-state index contributed by atoms with van der Waals surface area (Å²) in [6.07, 6.45) is 2.70. The average Bonchev–Trinajstić information content (AvgIpc) is 3.42. The van der Waals surface area contributed by atoms with E-state index in [1.807, 2.05) is 53.3 Å². The highest BCUT2D eigenvalue weighted by atomic mass is 16.5. The maximum Gasteiger partial charge on any atom is 0.237 e. The molecule has 0 bridgehead atoms. The van der Waals surface area contributed by atoms with Crippen LogP contribution in [-0.2, 0) is 11.3 Å². The van der Waals surface area contributed by atoms with E-state index in [-0.39, 0.29) is 12.0 Å². The molecule has 1 fully saturated rings. The van der Waals surface area contributed by atoms with Crippen LogP contribution in [-0.4, -0.2) is 26.6 Å². The Morgan fingerprint density at radius 3 is 2.77 bits per heavy atom. The van der Waals surface area contributed by atoms with E-state index in [2.05, 4.69) is 27.4 Å². The van der Waals surface area contributed by atoms with Crippen molar-refractivity contribution < 1.29 is 9.15 Å². The lowest BCUT2D eigenvalue weighted by Gasteiger charge is -2.15. The molecular weight excluding hydrogens is 328 g/mol. The summed E-state index contributed by atoms with van der Waals surface area (Å²) in [4.78, 5) is 0. The highest BCUT2D eigenvalue weighted by molar-refractivity contribution is 5.78. The largest absolute Gasteiger partial charge is 0.423 e. The lowest BCUT2D eigenvalue weighted by Crippen LogP contribution is -2.06. The summed E-state index contributed by atoms with van der Waals surface area (Å²) < 4.78 is 13.8. The van der Waals surface area contributed by atoms with Gasteiger partial charge in [-0.1, -0.05) is 48.5 Å². The molecule has 5 rings (SSSR count). The van der Waals surface area contributed by atoms with E-state index in [0.717, 1.165) is 22.9 Å². The van der Waals surface area contributed by atoms with Gasteiger partial charge in [0.2, 0.25) is 11.8 Å². The number of aromatic nitrogens is 4. The van der Waals surface area contributed by atoms with E-state index >= 15 is 0 Å². The summed E-state index contributed by atoms with van der Waals surface area (Å²) in [6.45, 7) is 1.16. The Hall–Kier alpha value is -2.99. The van der Waals surface area contributed by atoms with Gasteiger partial charge in [-0.25, -0.2) is 0 Å². The van der Waals surface area contributed by atoms with E-state index in [9.17, 15) is 0 Å². The third-order valence-electron chi connectivity index (χ3n) is 4.86. The molecule has 1 aliphatic rings. The van der Waals surface area contributed by atoms with Gasteiger partial charge in [-0.05, 0) is 18.1 Å². The number of hydrogen-bond acceptors (Lipinski definition) is 5. The molecule has 2 aromatic carbocycles. The number of benzene rings is 2. The summed E-state index contributed by atoms with van der Waals surface area (Å²) in [5.41, 5.74) is 2.20. The van der Waals surface area contributed by atoms with Gasteiger partial charge in [0.1, 0.15) is 6.54 Å². The predicted molar refractivity (Wildman–Crippen MR) is 95.6 cm³/mol. The molecule has 4 aromatic rings. The minimum Gasteiger partial charge on any atom is -0.423 e. The molecule has 6 heteroatoms. The van der Waals surface area contributed by atoms with Crippen LogP contribution >= 0.6 is 0 Å². The Balaban J connectivity index is 1.40. The molecule has 0 amide bonds. The van der Waals surface area contributed by atoms with E-state index in [4.69, 9.17) is 9.15 Å². The normalized spacial score (nSPS) is 20.0. The van der Waals surface area contributed by atoms with Gasteiger partial charge in [0.25, 0.3) is 0 Å². The van der Waals surface area contributed by atoms with Crippen LogP contribution in [0.3, 0.4) is 0 Å². The van der Waals surface area contributed by atoms with Crippen LogP contribution in [0.25, 0.3) is 10.9 Å². The summed E-state index contributed by atoms with van der Waals surface area (Å²) in [7, 11) is 0. The first kappa shape index (κ1) is 15.3. The van der Waals surface area contributed by atoms with Crippen molar-refractivity contribution in [3.8, 4) is 0 Å². The van der Waals surface area contributed by atoms with Crippen LogP contribution in [0.4, 0.5) is 0 Å². The first-order chi connectivity index (χ1) is 12.9. The Morgan fingerprint density at radius 2 is 1.85 bits per heavy atom. The number of hydrogen-bond donors (Lipinski definition) is 0.